The van der Waals surface area contributed by atoms with Crippen molar-refractivity contribution in [3.63, 3.8) is 0 Å². The van der Waals surface area contributed by atoms with Gasteiger partial charge in [-0.15, -0.1) is 5.10 Å². The lowest BCUT2D eigenvalue weighted by molar-refractivity contribution is -0.136. The standard InChI is InChI=1S/C25H33FN6OS/c1-25(2,3)28-21-20(18-10-7-11-19(26)16-18)27-23-32(21)29-24(34-23)31-14-12-30(13-15-31)22(33)17-8-5-4-6-9-17/h7,10-11,16-17,28H,4-6,8-9,12-15H2,1-3H3. The maximum Gasteiger partial charge on any atom is 0.225 e. The molecule has 1 aliphatic carbocycles. The van der Waals surface area contributed by atoms with Crippen LogP contribution in [0.2, 0.25) is 0 Å². The van der Waals surface area contributed by atoms with Gasteiger partial charge < -0.3 is 15.1 Å². The first-order valence-corrected chi connectivity index (χ1v) is 13.1. The number of hydrogen-bond donors (Lipinski definition) is 1. The summed E-state index contributed by atoms with van der Waals surface area (Å²) in [6, 6.07) is 6.51. The number of imidazole rings is 1. The molecule has 2 aromatic heterocycles. The fourth-order valence-corrected chi connectivity index (χ4v) is 5.85. The van der Waals surface area contributed by atoms with Gasteiger partial charge in [-0.3, -0.25) is 4.79 Å². The second-order valence-electron chi connectivity index (χ2n) is 10.4. The van der Waals surface area contributed by atoms with Crippen LogP contribution in [0.15, 0.2) is 24.3 Å². The summed E-state index contributed by atoms with van der Waals surface area (Å²) in [5.74, 6) is 1.03. The van der Waals surface area contributed by atoms with Crippen molar-refractivity contribution >= 4 is 33.2 Å². The number of piperazine rings is 1. The van der Waals surface area contributed by atoms with Gasteiger partial charge in [-0.25, -0.2) is 9.37 Å². The molecule has 1 saturated carbocycles. The third-order valence-corrected chi connectivity index (χ3v) is 7.57. The van der Waals surface area contributed by atoms with Crippen molar-refractivity contribution in [2.45, 2.75) is 58.4 Å². The minimum absolute atomic E-state index is 0.215. The van der Waals surface area contributed by atoms with E-state index >= 15 is 0 Å². The maximum absolute atomic E-state index is 13.9. The molecule has 182 valence electrons. The van der Waals surface area contributed by atoms with Gasteiger partial charge in [0.2, 0.25) is 16.0 Å². The Morgan fingerprint density at radius 3 is 2.53 bits per heavy atom. The molecule has 1 saturated heterocycles. The molecule has 3 heterocycles. The molecular weight excluding hydrogens is 451 g/mol. The van der Waals surface area contributed by atoms with Crippen LogP contribution in [0.5, 0.6) is 0 Å². The zero-order valence-electron chi connectivity index (χ0n) is 20.2. The van der Waals surface area contributed by atoms with Crippen LogP contribution in [0.3, 0.4) is 0 Å². The largest absolute Gasteiger partial charge is 0.364 e. The van der Waals surface area contributed by atoms with Crippen molar-refractivity contribution in [3.8, 4) is 11.3 Å². The van der Waals surface area contributed by atoms with E-state index in [1.165, 1.54) is 42.7 Å². The molecule has 1 aliphatic heterocycles. The van der Waals surface area contributed by atoms with Gasteiger partial charge in [0.25, 0.3) is 0 Å². The summed E-state index contributed by atoms with van der Waals surface area (Å²) in [4.78, 5) is 22.8. The molecule has 0 bridgehead atoms. The van der Waals surface area contributed by atoms with Crippen LogP contribution in [0, 0.1) is 11.7 Å². The first kappa shape index (κ1) is 23.1. The monoisotopic (exact) mass is 484 g/mol. The van der Waals surface area contributed by atoms with Crippen LogP contribution in [-0.2, 0) is 4.79 Å². The van der Waals surface area contributed by atoms with E-state index in [2.05, 4.69) is 31.0 Å². The van der Waals surface area contributed by atoms with Gasteiger partial charge in [0, 0.05) is 43.2 Å². The molecule has 9 heteroatoms. The van der Waals surface area contributed by atoms with Crippen molar-refractivity contribution in [2.75, 3.05) is 36.4 Å². The highest BCUT2D eigenvalue weighted by atomic mass is 32.1. The predicted octanol–water partition coefficient (Wildman–Crippen LogP) is 5.04. The van der Waals surface area contributed by atoms with E-state index in [1.807, 2.05) is 15.5 Å². The van der Waals surface area contributed by atoms with Gasteiger partial charge in [0.05, 0.1) is 0 Å². The third-order valence-electron chi connectivity index (χ3n) is 6.60. The van der Waals surface area contributed by atoms with Gasteiger partial charge in [0.15, 0.2) is 5.82 Å². The van der Waals surface area contributed by atoms with E-state index in [1.54, 1.807) is 6.07 Å². The van der Waals surface area contributed by atoms with E-state index in [9.17, 15) is 9.18 Å². The minimum atomic E-state index is -0.287. The number of nitrogens with one attached hydrogen (secondary N) is 1. The Hall–Kier alpha value is -2.68. The molecule has 3 aromatic rings. The Balaban J connectivity index is 1.36. The van der Waals surface area contributed by atoms with Gasteiger partial charge in [0.1, 0.15) is 11.5 Å². The maximum atomic E-state index is 13.9. The number of hydrogen-bond acceptors (Lipinski definition) is 6. The first-order valence-electron chi connectivity index (χ1n) is 12.3. The molecule has 1 N–H and O–H groups in total. The smallest absolute Gasteiger partial charge is 0.225 e. The number of halogens is 1. The number of rotatable bonds is 4. The Labute approximate surface area is 204 Å². The lowest BCUT2D eigenvalue weighted by Crippen LogP contribution is -2.50. The molecule has 0 radical (unpaired) electrons. The van der Waals surface area contributed by atoms with Crippen LogP contribution in [-0.4, -0.2) is 57.1 Å². The highest BCUT2D eigenvalue weighted by Crippen LogP contribution is 2.35. The van der Waals surface area contributed by atoms with Crippen molar-refractivity contribution in [3.05, 3.63) is 30.1 Å². The van der Waals surface area contributed by atoms with E-state index in [4.69, 9.17) is 10.1 Å². The summed E-state index contributed by atoms with van der Waals surface area (Å²) < 4.78 is 15.8. The number of carbonyl (C=O) groups excluding carboxylic acids is 1. The fourth-order valence-electron chi connectivity index (χ4n) is 4.90. The van der Waals surface area contributed by atoms with Crippen LogP contribution < -0.4 is 10.2 Å². The highest BCUT2D eigenvalue weighted by molar-refractivity contribution is 7.20. The molecule has 7 nitrogen and oxygen atoms in total. The second-order valence-corrected chi connectivity index (χ2v) is 11.4. The number of anilines is 2. The summed E-state index contributed by atoms with van der Waals surface area (Å²) in [5, 5.41) is 9.30. The zero-order valence-corrected chi connectivity index (χ0v) is 21.0. The number of carbonyl (C=O) groups is 1. The van der Waals surface area contributed by atoms with Crippen LogP contribution in [0.4, 0.5) is 15.3 Å². The van der Waals surface area contributed by atoms with Crippen molar-refractivity contribution in [1.82, 2.24) is 19.5 Å². The first-order chi connectivity index (χ1) is 16.3. The number of nitrogens with zero attached hydrogens (tertiary/aromatic N) is 5. The Bertz CT molecular complexity index is 1170. The average molecular weight is 485 g/mol. The van der Waals surface area contributed by atoms with Crippen LogP contribution in [0.25, 0.3) is 16.2 Å². The van der Waals surface area contributed by atoms with Crippen LogP contribution >= 0.6 is 11.3 Å². The van der Waals surface area contributed by atoms with E-state index < -0.39 is 0 Å². The summed E-state index contributed by atoms with van der Waals surface area (Å²) in [5.41, 5.74) is 1.20. The number of benzene rings is 1. The van der Waals surface area contributed by atoms with Crippen molar-refractivity contribution in [2.24, 2.45) is 5.92 Å². The fraction of sp³-hybridized carbons (Fsp3) is 0.560. The predicted molar refractivity (Wildman–Crippen MR) is 135 cm³/mol. The molecule has 0 spiro atoms. The van der Waals surface area contributed by atoms with E-state index in [-0.39, 0.29) is 17.3 Å². The summed E-state index contributed by atoms with van der Waals surface area (Å²) in [6.45, 7) is 9.26. The van der Waals surface area contributed by atoms with Gasteiger partial charge in [-0.2, -0.15) is 4.52 Å². The summed E-state index contributed by atoms with van der Waals surface area (Å²) >= 11 is 1.53. The molecule has 1 aromatic carbocycles. The van der Waals surface area contributed by atoms with Crippen molar-refractivity contribution < 1.29 is 9.18 Å². The van der Waals surface area contributed by atoms with Crippen LogP contribution in [0.1, 0.15) is 52.9 Å². The molecule has 0 atom stereocenters. The molecule has 2 aliphatic rings. The zero-order chi connectivity index (χ0) is 23.9. The van der Waals surface area contributed by atoms with Gasteiger partial charge in [-0.05, 0) is 45.7 Å². The Morgan fingerprint density at radius 2 is 1.85 bits per heavy atom. The molecule has 0 unspecified atom stereocenters. The molecule has 5 rings (SSSR count). The lowest BCUT2D eigenvalue weighted by Gasteiger charge is -2.36. The lowest BCUT2D eigenvalue weighted by atomic mass is 9.88. The van der Waals surface area contributed by atoms with Crippen molar-refractivity contribution in [1.29, 1.82) is 0 Å². The normalized spacial score (nSPS) is 18.0. The van der Waals surface area contributed by atoms with E-state index in [0.29, 0.717) is 11.6 Å². The number of amides is 1. The van der Waals surface area contributed by atoms with E-state index in [0.717, 1.165) is 60.5 Å². The summed E-state index contributed by atoms with van der Waals surface area (Å²) in [6.07, 6.45) is 5.70. The Kier molecular flexibility index (Phi) is 6.22. The molecular formula is C25H33FN6OS. The number of aromatic nitrogens is 3. The highest BCUT2D eigenvalue weighted by Gasteiger charge is 2.30. The third kappa shape index (κ3) is 4.76. The summed E-state index contributed by atoms with van der Waals surface area (Å²) in [7, 11) is 0. The quantitative estimate of drug-likeness (QED) is 0.562. The second kappa shape index (κ2) is 9.17. The molecule has 34 heavy (non-hydrogen) atoms. The van der Waals surface area contributed by atoms with Gasteiger partial charge >= 0.3 is 0 Å². The molecule has 1 amide bonds. The minimum Gasteiger partial charge on any atom is -0.364 e. The Morgan fingerprint density at radius 1 is 1.12 bits per heavy atom. The average Bonchev–Trinajstić information content (AvgIpc) is 3.38. The van der Waals surface area contributed by atoms with Gasteiger partial charge in [-0.1, -0.05) is 42.7 Å². The SMILES string of the molecule is CC(C)(C)Nc1c(-c2cccc(F)c2)nc2sc(N3CCN(C(=O)C4CCCCC4)CC3)nn12. The topological polar surface area (TPSA) is 65.8 Å². The number of fused-ring (bicyclic) bond motifs is 1. The molecule has 2 fully saturated rings.